The lowest BCUT2D eigenvalue weighted by molar-refractivity contribution is 0.1000. The van der Waals surface area contributed by atoms with Gasteiger partial charge in [0.2, 0.25) is 5.91 Å². The maximum Gasteiger partial charge on any atom is 0.250 e. The summed E-state index contributed by atoms with van der Waals surface area (Å²) in [6, 6.07) is 1.57. The number of carbonyl (C=O) groups is 1. The van der Waals surface area contributed by atoms with Gasteiger partial charge in [-0.1, -0.05) is 11.6 Å². The number of rotatable bonds is 2. The number of amides is 1. The minimum atomic E-state index is -0.510. The van der Waals surface area contributed by atoms with E-state index in [1.807, 2.05) is 0 Å². The topological polar surface area (TPSA) is 62.5 Å². The van der Waals surface area contributed by atoms with Crippen LogP contribution in [-0.2, 0) is 0 Å². The fourth-order valence-electron chi connectivity index (χ4n) is 1.82. The highest BCUT2D eigenvalue weighted by Crippen LogP contribution is 2.24. The third-order valence-corrected chi connectivity index (χ3v) is 3.19. The van der Waals surface area contributed by atoms with Gasteiger partial charge in [0.25, 0.3) is 0 Å². The highest BCUT2D eigenvalue weighted by Gasteiger charge is 2.18. The van der Waals surface area contributed by atoms with Crippen LogP contribution >= 0.6 is 11.6 Å². The van der Waals surface area contributed by atoms with Crippen molar-refractivity contribution in [3.8, 4) is 0 Å². The molecule has 17 heavy (non-hydrogen) atoms. The molecule has 0 radical (unpaired) electrons. The number of halogens is 1. The molecule has 1 aromatic heterocycles. The molecule has 1 aliphatic heterocycles. The van der Waals surface area contributed by atoms with Gasteiger partial charge in [-0.05, 0) is 13.1 Å². The Labute approximate surface area is 105 Å². The van der Waals surface area contributed by atoms with Gasteiger partial charge in [-0.25, -0.2) is 4.98 Å². The van der Waals surface area contributed by atoms with E-state index >= 15 is 0 Å². The van der Waals surface area contributed by atoms with Crippen LogP contribution in [0.1, 0.15) is 10.4 Å². The highest BCUT2D eigenvalue weighted by molar-refractivity contribution is 6.33. The Hall–Kier alpha value is -1.33. The van der Waals surface area contributed by atoms with Gasteiger partial charge in [0.05, 0.1) is 10.6 Å². The van der Waals surface area contributed by atoms with Crippen molar-refractivity contribution < 1.29 is 4.79 Å². The number of nitrogens with two attached hydrogens (primary N) is 1. The first-order valence-electron chi connectivity index (χ1n) is 5.47. The summed E-state index contributed by atoms with van der Waals surface area (Å²) < 4.78 is 0. The predicted molar refractivity (Wildman–Crippen MR) is 67.5 cm³/mol. The number of aromatic nitrogens is 1. The zero-order chi connectivity index (χ0) is 12.4. The number of pyridine rings is 1. The molecule has 1 fully saturated rings. The number of nitrogens with zero attached hydrogens (tertiary/aromatic N) is 3. The van der Waals surface area contributed by atoms with Crippen LogP contribution in [0, 0.1) is 0 Å². The first-order chi connectivity index (χ1) is 8.08. The maximum absolute atomic E-state index is 11.0. The van der Waals surface area contributed by atoms with Crippen LogP contribution in [0.2, 0.25) is 5.02 Å². The molecule has 0 spiro atoms. The molecule has 0 bridgehead atoms. The van der Waals surface area contributed by atoms with Gasteiger partial charge in [-0.2, -0.15) is 0 Å². The highest BCUT2D eigenvalue weighted by atomic mass is 35.5. The quantitative estimate of drug-likeness (QED) is 0.839. The van der Waals surface area contributed by atoms with Gasteiger partial charge in [0.15, 0.2) is 0 Å². The van der Waals surface area contributed by atoms with Crippen molar-refractivity contribution in [3.05, 3.63) is 22.8 Å². The van der Waals surface area contributed by atoms with Crippen molar-refractivity contribution >= 4 is 23.3 Å². The normalized spacial score (nSPS) is 17.2. The van der Waals surface area contributed by atoms with E-state index in [-0.39, 0.29) is 0 Å². The van der Waals surface area contributed by atoms with Crippen molar-refractivity contribution in [2.24, 2.45) is 5.73 Å². The lowest BCUT2D eigenvalue weighted by Crippen LogP contribution is -2.45. The van der Waals surface area contributed by atoms with Crippen LogP contribution in [0.5, 0.6) is 0 Å². The molecular weight excluding hydrogens is 240 g/mol. The molecule has 1 aliphatic rings. The summed E-state index contributed by atoms with van der Waals surface area (Å²) in [5.41, 5.74) is 5.51. The van der Waals surface area contributed by atoms with E-state index in [1.54, 1.807) is 6.07 Å². The molecular formula is C11H15ClN4O. The average Bonchev–Trinajstić information content (AvgIpc) is 2.30. The number of carbonyl (C=O) groups excluding carboxylic acids is 1. The molecule has 1 saturated heterocycles. The van der Waals surface area contributed by atoms with E-state index in [0.29, 0.717) is 10.6 Å². The zero-order valence-electron chi connectivity index (χ0n) is 9.69. The Kier molecular flexibility index (Phi) is 3.49. The van der Waals surface area contributed by atoms with Crippen LogP contribution < -0.4 is 10.6 Å². The minimum absolute atomic E-state index is 0.341. The van der Waals surface area contributed by atoms with Crippen molar-refractivity contribution in [1.82, 2.24) is 9.88 Å². The van der Waals surface area contributed by atoms with E-state index in [2.05, 4.69) is 21.8 Å². The molecule has 0 atom stereocenters. The predicted octanol–water partition coefficient (Wildman–Crippen LogP) is 0.586. The fraction of sp³-hybridized carbons (Fsp3) is 0.455. The molecule has 0 saturated carbocycles. The van der Waals surface area contributed by atoms with Gasteiger partial charge < -0.3 is 15.5 Å². The first kappa shape index (κ1) is 12.1. The Morgan fingerprint density at radius 1 is 1.41 bits per heavy atom. The summed E-state index contributed by atoms with van der Waals surface area (Å²) in [7, 11) is 2.09. The largest absolute Gasteiger partial charge is 0.366 e. The van der Waals surface area contributed by atoms with E-state index in [4.69, 9.17) is 17.3 Å². The van der Waals surface area contributed by atoms with E-state index in [1.165, 1.54) is 6.20 Å². The zero-order valence-corrected chi connectivity index (χ0v) is 10.4. The summed E-state index contributed by atoms with van der Waals surface area (Å²) in [4.78, 5) is 19.6. The number of hydrogen-bond acceptors (Lipinski definition) is 4. The molecule has 0 aromatic carbocycles. The Balaban J connectivity index is 2.19. The second kappa shape index (κ2) is 4.89. The molecule has 92 valence electrons. The van der Waals surface area contributed by atoms with Crippen molar-refractivity contribution in [2.75, 3.05) is 38.1 Å². The Morgan fingerprint density at radius 2 is 2.06 bits per heavy atom. The second-order valence-corrected chi connectivity index (χ2v) is 4.59. The summed E-state index contributed by atoms with van der Waals surface area (Å²) in [5, 5.41) is 0.478. The second-order valence-electron chi connectivity index (χ2n) is 4.18. The molecule has 1 aromatic rings. The van der Waals surface area contributed by atoms with Gasteiger partial charge >= 0.3 is 0 Å². The van der Waals surface area contributed by atoms with Crippen LogP contribution in [-0.4, -0.2) is 49.0 Å². The van der Waals surface area contributed by atoms with Crippen molar-refractivity contribution in [3.63, 3.8) is 0 Å². The van der Waals surface area contributed by atoms with Crippen LogP contribution in [0.25, 0.3) is 0 Å². The average molecular weight is 255 g/mol. The van der Waals surface area contributed by atoms with Gasteiger partial charge in [-0.15, -0.1) is 0 Å². The fourth-order valence-corrected chi connectivity index (χ4v) is 2.10. The van der Waals surface area contributed by atoms with Crippen LogP contribution in [0.4, 0.5) is 5.82 Å². The lowest BCUT2D eigenvalue weighted by Gasteiger charge is -2.33. The number of likely N-dealkylation sites (N-methyl/N-ethyl adjacent to an activating group) is 1. The van der Waals surface area contributed by atoms with Gasteiger partial charge in [0.1, 0.15) is 5.82 Å². The molecule has 0 aliphatic carbocycles. The van der Waals surface area contributed by atoms with E-state index < -0.39 is 5.91 Å². The monoisotopic (exact) mass is 254 g/mol. The van der Waals surface area contributed by atoms with Crippen molar-refractivity contribution in [1.29, 1.82) is 0 Å². The van der Waals surface area contributed by atoms with Gasteiger partial charge in [-0.3, -0.25) is 4.79 Å². The van der Waals surface area contributed by atoms with Gasteiger partial charge in [0, 0.05) is 32.4 Å². The third kappa shape index (κ3) is 2.68. The van der Waals surface area contributed by atoms with Crippen molar-refractivity contribution in [2.45, 2.75) is 0 Å². The number of anilines is 1. The summed E-state index contributed by atoms with van der Waals surface area (Å²) >= 11 is 6.12. The summed E-state index contributed by atoms with van der Waals surface area (Å²) in [5.74, 6) is 0.217. The number of primary amides is 1. The molecule has 5 nitrogen and oxygen atoms in total. The third-order valence-electron chi connectivity index (χ3n) is 2.91. The smallest absolute Gasteiger partial charge is 0.250 e. The lowest BCUT2D eigenvalue weighted by atomic mass is 10.2. The molecule has 2 heterocycles. The van der Waals surface area contributed by atoms with E-state index in [9.17, 15) is 4.79 Å². The molecule has 0 unspecified atom stereocenters. The SMILES string of the molecule is CN1CCN(c2ncc(C(N)=O)cc2Cl)CC1. The van der Waals surface area contributed by atoms with E-state index in [0.717, 1.165) is 32.0 Å². The minimum Gasteiger partial charge on any atom is -0.366 e. The maximum atomic E-state index is 11.0. The standard InChI is InChI=1S/C11H15ClN4O/c1-15-2-4-16(5-3-15)11-9(12)6-8(7-14-11)10(13)17/h6-7H,2-5H2,1H3,(H2,13,17). The number of piperazine rings is 1. The summed E-state index contributed by atoms with van der Waals surface area (Å²) in [6.45, 7) is 3.74. The first-order valence-corrected chi connectivity index (χ1v) is 5.84. The van der Waals surface area contributed by atoms with Crippen LogP contribution in [0.15, 0.2) is 12.3 Å². The molecule has 1 amide bonds. The Morgan fingerprint density at radius 3 is 2.59 bits per heavy atom. The van der Waals surface area contributed by atoms with Crippen LogP contribution in [0.3, 0.4) is 0 Å². The molecule has 2 N–H and O–H groups in total. The number of hydrogen-bond donors (Lipinski definition) is 1. The summed E-state index contributed by atoms with van der Waals surface area (Å²) in [6.07, 6.45) is 1.47. The molecule has 6 heteroatoms. The molecule has 2 rings (SSSR count). The Bertz CT molecular complexity index is 429.